The number of nitrogens with two attached hydrogens (primary N) is 1. The van der Waals surface area contributed by atoms with Crippen molar-refractivity contribution in [2.45, 2.75) is 17.8 Å². The fraction of sp³-hybridized carbons (Fsp3) is 0.429. The van der Waals surface area contributed by atoms with E-state index in [1.54, 1.807) is 0 Å². The molecule has 1 aromatic heterocycles. The fourth-order valence-corrected chi connectivity index (χ4v) is 3.98. The molecular formula is C7H7Cl4NS. The highest BCUT2D eigenvalue weighted by Gasteiger charge is 2.33. The van der Waals surface area contributed by atoms with Gasteiger partial charge in [0.2, 0.25) is 0 Å². The molecule has 1 heterocycles. The first-order valence-corrected chi connectivity index (χ1v) is 5.49. The van der Waals surface area contributed by atoms with Crippen molar-refractivity contribution in [2.75, 3.05) is 0 Å². The molecule has 1 nitrogen and oxygen atoms in total. The zero-order valence-electron chi connectivity index (χ0n) is 6.39. The van der Waals surface area contributed by atoms with Crippen LogP contribution in [0.5, 0.6) is 0 Å². The van der Waals surface area contributed by atoms with Crippen molar-refractivity contribution in [3.8, 4) is 0 Å². The number of fused-ring (bicyclic) bond motifs is 1. The highest BCUT2D eigenvalue weighted by molar-refractivity contribution is 7.20. The van der Waals surface area contributed by atoms with Gasteiger partial charge in [-0.1, -0.05) is 23.2 Å². The lowest BCUT2D eigenvalue weighted by Crippen LogP contribution is -2.04. The highest BCUT2D eigenvalue weighted by Crippen LogP contribution is 2.52. The molecule has 74 valence electrons. The first-order chi connectivity index (χ1) is 5.61. The monoisotopic (exact) mass is 277 g/mol. The largest absolute Gasteiger partial charge is 0.324 e. The summed E-state index contributed by atoms with van der Waals surface area (Å²) in [4.78, 5) is 0. The molecule has 2 N–H and O–H groups in total. The van der Waals surface area contributed by atoms with Crippen LogP contribution in [0.1, 0.15) is 29.0 Å². The van der Waals surface area contributed by atoms with E-state index in [0.717, 1.165) is 17.5 Å². The molecule has 2 atom stereocenters. The molecule has 13 heavy (non-hydrogen) atoms. The molecule has 0 spiro atoms. The second-order valence-corrected chi connectivity index (χ2v) is 5.54. The first kappa shape index (κ1) is 11.9. The van der Waals surface area contributed by atoms with Crippen LogP contribution in [0.15, 0.2) is 0 Å². The van der Waals surface area contributed by atoms with Gasteiger partial charge in [0.15, 0.2) is 0 Å². The minimum atomic E-state index is -0.0637. The Balaban J connectivity index is 0.000000845. The van der Waals surface area contributed by atoms with Gasteiger partial charge in [-0.25, -0.2) is 0 Å². The van der Waals surface area contributed by atoms with Crippen LogP contribution in [0.2, 0.25) is 8.67 Å². The second-order valence-electron chi connectivity index (χ2n) is 2.79. The van der Waals surface area contributed by atoms with E-state index >= 15 is 0 Å². The summed E-state index contributed by atoms with van der Waals surface area (Å²) in [6.07, 6.45) is 0.735. The number of rotatable bonds is 0. The lowest BCUT2D eigenvalue weighted by Gasteiger charge is -2.01. The van der Waals surface area contributed by atoms with E-state index in [9.17, 15) is 0 Å². The minimum Gasteiger partial charge on any atom is -0.324 e. The fourth-order valence-electron chi connectivity index (χ4n) is 1.50. The molecule has 0 aliphatic heterocycles. The van der Waals surface area contributed by atoms with E-state index in [1.165, 1.54) is 11.3 Å². The van der Waals surface area contributed by atoms with Gasteiger partial charge in [0.05, 0.1) is 14.0 Å². The van der Waals surface area contributed by atoms with Gasteiger partial charge in [0, 0.05) is 17.2 Å². The van der Waals surface area contributed by atoms with Crippen LogP contribution in [0.3, 0.4) is 0 Å². The Morgan fingerprint density at radius 3 is 2.31 bits per heavy atom. The topological polar surface area (TPSA) is 26.0 Å². The SMILES string of the molecule is Cl.NC1CC(Cl)c2c(Cl)sc(Cl)c21. The molecule has 1 aromatic rings. The molecule has 2 unspecified atom stereocenters. The van der Waals surface area contributed by atoms with Crippen molar-refractivity contribution in [2.24, 2.45) is 5.73 Å². The predicted molar refractivity (Wildman–Crippen MR) is 61.7 cm³/mol. The molecule has 0 bridgehead atoms. The maximum absolute atomic E-state index is 6.04. The van der Waals surface area contributed by atoms with Crippen LogP contribution in [0, 0.1) is 0 Å². The minimum absolute atomic E-state index is 0. The van der Waals surface area contributed by atoms with Crippen LogP contribution in [0.25, 0.3) is 0 Å². The van der Waals surface area contributed by atoms with Gasteiger partial charge >= 0.3 is 0 Å². The summed E-state index contributed by atoms with van der Waals surface area (Å²) in [6.45, 7) is 0. The van der Waals surface area contributed by atoms with Gasteiger partial charge in [-0.3, -0.25) is 0 Å². The quantitative estimate of drug-likeness (QED) is 0.709. The van der Waals surface area contributed by atoms with Gasteiger partial charge < -0.3 is 5.73 Å². The number of hydrogen-bond acceptors (Lipinski definition) is 2. The van der Waals surface area contributed by atoms with Crippen molar-refractivity contribution < 1.29 is 0 Å². The van der Waals surface area contributed by atoms with Gasteiger partial charge in [-0.15, -0.1) is 35.3 Å². The van der Waals surface area contributed by atoms with Crippen molar-refractivity contribution in [3.05, 3.63) is 19.8 Å². The number of alkyl halides is 1. The molecule has 1 aliphatic rings. The Morgan fingerprint density at radius 1 is 1.23 bits per heavy atom. The number of thiophene rings is 1. The van der Waals surface area contributed by atoms with Crippen LogP contribution in [-0.4, -0.2) is 0 Å². The zero-order chi connectivity index (χ0) is 8.88. The summed E-state index contributed by atoms with van der Waals surface area (Å²) in [5.41, 5.74) is 7.73. The van der Waals surface area contributed by atoms with Crippen LogP contribution >= 0.6 is 58.5 Å². The maximum Gasteiger partial charge on any atom is 0.0995 e. The number of hydrogen-bond donors (Lipinski definition) is 1. The molecule has 0 aromatic carbocycles. The smallest absolute Gasteiger partial charge is 0.0995 e. The molecule has 0 saturated carbocycles. The normalized spacial score (nSPS) is 25.5. The Morgan fingerprint density at radius 2 is 1.77 bits per heavy atom. The van der Waals surface area contributed by atoms with Crippen LogP contribution in [-0.2, 0) is 0 Å². The third kappa shape index (κ3) is 1.81. The van der Waals surface area contributed by atoms with Crippen molar-refractivity contribution >= 4 is 58.5 Å². The third-order valence-corrected chi connectivity index (χ3v) is 4.10. The lowest BCUT2D eigenvalue weighted by molar-refractivity contribution is 0.702. The molecule has 0 amide bonds. The summed E-state index contributed by atoms with van der Waals surface area (Å²) < 4.78 is 1.37. The van der Waals surface area contributed by atoms with Gasteiger partial charge in [-0.05, 0) is 6.42 Å². The maximum atomic E-state index is 6.04. The Labute approximate surface area is 102 Å². The first-order valence-electron chi connectivity index (χ1n) is 3.48. The second kappa shape index (κ2) is 4.13. The average molecular weight is 279 g/mol. The molecular weight excluding hydrogens is 272 g/mol. The molecule has 6 heteroatoms. The van der Waals surface area contributed by atoms with Crippen LogP contribution < -0.4 is 5.73 Å². The van der Waals surface area contributed by atoms with Gasteiger partial charge in [0.1, 0.15) is 0 Å². The standard InChI is InChI=1S/C7H6Cl3NS.ClH/c8-2-1-3(11)5-4(2)6(9)12-7(5)10;/h2-3H,1,11H2;1H. The van der Waals surface area contributed by atoms with Crippen molar-refractivity contribution in [1.82, 2.24) is 0 Å². The number of halogens is 4. The molecule has 0 saturated heterocycles. The molecule has 0 radical (unpaired) electrons. The Bertz CT molecular complexity index is 296. The van der Waals surface area contributed by atoms with Crippen LogP contribution in [0.4, 0.5) is 0 Å². The van der Waals surface area contributed by atoms with Gasteiger partial charge in [0.25, 0.3) is 0 Å². The molecule has 1 aliphatic carbocycles. The van der Waals surface area contributed by atoms with E-state index < -0.39 is 0 Å². The summed E-state index contributed by atoms with van der Waals surface area (Å²) >= 11 is 19.3. The summed E-state index contributed by atoms with van der Waals surface area (Å²) in [5, 5.41) is -0.0637. The average Bonchev–Trinajstić information content (AvgIpc) is 2.38. The summed E-state index contributed by atoms with van der Waals surface area (Å²) in [6, 6.07) is -0.0428. The molecule has 0 fully saturated rings. The highest BCUT2D eigenvalue weighted by atomic mass is 35.5. The van der Waals surface area contributed by atoms with E-state index in [2.05, 4.69) is 0 Å². The van der Waals surface area contributed by atoms with E-state index in [-0.39, 0.29) is 23.8 Å². The third-order valence-electron chi connectivity index (χ3n) is 2.04. The Kier molecular flexibility index (Phi) is 3.78. The van der Waals surface area contributed by atoms with Crippen molar-refractivity contribution in [1.29, 1.82) is 0 Å². The predicted octanol–water partition coefficient (Wildman–Crippen LogP) is 4.16. The summed E-state index contributed by atoms with van der Waals surface area (Å²) in [7, 11) is 0. The molecule has 2 rings (SSSR count). The van der Waals surface area contributed by atoms with Gasteiger partial charge in [-0.2, -0.15) is 0 Å². The summed E-state index contributed by atoms with van der Waals surface area (Å²) in [5.74, 6) is 0. The van der Waals surface area contributed by atoms with E-state index in [0.29, 0.717) is 8.67 Å². The Hall–Kier alpha value is 0.820. The van der Waals surface area contributed by atoms with E-state index in [4.69, 9.17) is 40.5 Å². The lowest BCUT2D eigenvalue weighted by atomic mass is 10.2. The van der Waals surface area contributed by atoms with E-state index in [1.807, 2.05) is 0 Å². The zero-order valence-corrected chi connectivity index (χ0v) is 10.3. The van der Waals surface area contributed by atoms with Crippen molar-refractivity contribution in [3.63, 3.8) is 0 Å².